The number of carbonyl (C=O) groups excluding carboxylic acids is 2. The monoisotopic (exact) mass is 321 g/mol. The van der Waals surface area contributed by atoms with Crippen LogP contribution in [0.15, 0.2) is 30.3 Å². The van der Waals surface area contributed by atoms with Crippen LogP contribution >= 0.6 is 0 Å². The van der Waals surface area contributed by atoms with Crippen molar-refractivity contribution in [3.05, 3.63) is 35.9 Å². The van der Waals surface area contributed by atoms with Gasteiger partial charge in [-0.15, -0.1) is 0 Å². The highest BCUT2D eigenvalue weighted by Crippen LogP contribution is 2.11. The van der Waals surface area contributed by atoms with E-state index in [4.69, 9.17) is 9.47 Å². The van der Waals surface area contributed by atoms with Crippen molar-refractivity contribution in [2.24, 2.45) is 0 Å². The normalized spacial score (nSPS) is 11.2. The predicted molar refractivity (Wildman–Crippen MR) is 88.9 cm³/mol. The zero-order chi connectivity index (χ0) is 17.5. The molecule has 5 heteroatoms. The largest absolute Gasteiger partial charge is 0.460 e. The Morgan fingerprint density at radius 2 is 1.74 bits per heavy atom. The molecule has 1 amide bonds. The zero-order valence-electron chi connectivity index (χ0n) is 14.7. The topological polar surface area (TPSA) is 55.8 Å². The van der Waals surface area contributed by atoms with Gasteiger partial charge in [-0.2, -0.15) is 0 Å². The van der Waals surface area contributed by atoms with E-state index in [1.165, 1.54) is 4.90 Å². The molecule has 0 atom stereocenters. The molecular formula is C18H27NO4. The average Bonchev–Trinajstić information content (AvgIpc) is 2.44. The van der Waals surface area contributed by atoms with Gasteiger partial charge < -0.3 is 14.4 Å². The molecule has 0 bridgehead atoms. The van der Waals surface area contributed by atoms with E-state index >= 15 is 0 Å². The zero-order valence-corrected chi connectivity index (χ0v) is 14.7. The molecule has 0 aliphatic carbocycles. The van der Waals surface area contributed by atoms with Crippen molar-refractivity contribution in [1.82, 2.24) is 4.90 Å². The van der Waals surface area contributed by atoms with Crippen molar-refractivity contribution in [2.75, 3.05) is 6.54 Å². The van der Waals surface area contributed by atoms with Gasteiger partial charge >= 0.3 is 12.1 Å². The summed E-state index contributed by atoms with van der Waals surface area (Å²) in [5, 5.41) is 0. The van der Waals surface area contributed by atoms with E-state index in [0.29, 0.717) is 0 Å². The molecule has 0 aliphatic heterocycles. The van der Waals surface area contributed by atoms with Crippen LogP contribution in [0, 0.1) is 0 Å². The van der Waals surface area contributed by atoms with Crippen LogP contribution in [0.1, 0.15) is 46.6 Å². The highest BCUT2D eigenvalue weighted by molar-refractivity contribution is 5.72. The summed E-state index contributed by atoms with van der Waals surface area (Å²) in [6, 6.07) is 9.44. The van der Waals surface area contributed by atoms with E-state index in [1.54, 1.807) is 0 Å². The van der Waals surface area contributed by atoms with Gasteiger partial charge in [0.1, 0.15) is 12.2 Å². The molecule has 0 spiro atoms. The van der Waals surface area contributed by atoms with Gasteiger partial charge in [0.15, 0.2) is 0 Å². The van der Waals surface area contributed by atoms with Crippen molar-refractivity contribution < 1.29 is 19.1 Å². The fourth-order valence-corrected chi connectivity index (χ4v) is 1.97. The Balaban J connectivity index is 2.50. The summed E-state index contributed by atoms with van der Waals surface area (Å²) < 4.78 is 10.6. The van der Waals surface area contributed by atoms with E-state index in [2.05, 4.69) is 0 Å². The first kappa shape index (κ1) is 19.0. The summed E-state index contributed by atoms with van der Waals surface area (Å²) >= 11 is 0. The SMILES string of the molecule is CC(C)N(CCC(=O)OC(C)(C)C)C(=O)OCc1ccccc1. The molecule has 5 nitrogen and oxygen atoms in total. The van der Waals surface area contributed by atoms with Crippen molar-refractivity contribution in [3.8, 4) is 0 Å². The Morgan fingerprint density at radius 1 is 1.13 bits per heavy atom. The van der Waals surface area contributed by atoms with Crippen LogP contribution in [0.2, 0.25) is 0 Å². The first-order valence-electron chi connectivity index (χ1n) is 7.88. The summed E-state index contributed by atoms with van der Waals surface area (Å²) in [5.74, 6) is -0.320. The van der Waals surface area contributed by atoms with Crippen molar-refractivity contribution >= 4 is 12.1 Å². The van der Waals surface area contributed by atoms with Crippen LogP contribution in [0.5, 0.6) is 0 Å². The van der Waals surface area contributed by atoms with Gasteiger partial charge in [-0.3, -0.25) is 4.79 Å². The van der Waals surface area contributed by atoms with E-state index in [-0.39, 0.29) is 31.6 Å². The molecule has 0 radical (unpaired) electrons. The number of hydrogen-bond acceptors (Lipinski definition) is 4. The molecule has 23 heavy (non-hydrogen) atoms. The van der Waals surface area contributed by atoms with E-state index < -0.39 is 11.7 Å². The molecule has 0 aliphatic rings. The van der Waals surface area contributed by atoms with Crippen molar-refractivity contribution in [2.45, 2.75) is 59.3 Å². The van der Waals surface area contributed by atoms with Crippen LogP contribution in [0.3, 0.4) is 0 Å². The Morgan fingerprint density at radius 3 is 2.26 bits per heavy atom. The second-order valence-electron chi connectivity index (χ2n) is 6.66. The Labute approximate surface area is 138 Å². The van der Waals surface area contributed by atoms with Crippen LogP contribution in [-0.2, 0) is 20.9 Å². The van der Waals surface area contributed by atoms with Crippen LogP contribution < -0.4 is 0 Å². The fraction of sp³-hybridized carbons (Fsp3) is 0.556. The van der Waals surface area contributed by atoms with Gasteiger partial charge in [0.2, 0.25) is 0 Å². The molecule has 0 saturated carbocycles. The molecule has 0 heterocycles. The lowest BCUT2D eigenvalue weighted by atomic mass is 10.2. The van der Waals surface area contributed by atoms with Crippen molar-refractivity contribution in [3.63, 3.8) is 0 Å². The van der Waals surface area contributed by atoms with Gasteiger partial charge in [-0.05, 0) is 40.2 Å². The smallest absolute Gasteiger partial charge is 0.410 e. The predicted octanol–water partition coefficient (Wildman–Crippen LogP) is 3.77. The van der Waals surface area contributed by atoms with Gasteiger partial charge in [0.25, 0.3) is 0 Å². The number of carbonyl (C=O) groups is 2. The number of amides is 1. The van der Waals surface area contributed by atoms with Crippen LogP contribution in [0.4, 0.5) is 4.79 Å². The van der Waals surface area contributed by atoms with Gasteiger partial charge in [-0.25, -0.2) is 4.79 Å². The standard InChI is InChI=1S/C18H27NO4/c1-14(2)19(12-11-16(20)23-18(3,4)5)17(21)22-13-15-9-7-6-8-10-15/h6-10,14H,11-13H2,1-5H3. The molecule has 0 aromatic heterocycles. The highest BCUT2D eigenvalue weighted by atomic mass is 16.6. The molecule has 128 valence electrons. The third-order valence-electron chi connectivity index (χ3n) is 3.04. The molecule has 0 fully saturated rings. The molecule has 0 saturated heterocycles. The number of benzene rings is 1. The minimum absolute atomic E-state index is 0.0549. The average molecular weight is 321 g/mol. The maximum absolute atomic E-state index is 12.2. The maximum Gasteiger partial charge on any atom is 0.410 e. The second-order valence-corrected chi connectivity index (χ2v) is 6.66. The van der Waals surface area contributed by atoms with Crippen LogP contribution in [0.25, 0.3) is 0 Å². The lowest BCUT2D eigenvalue weighted by Crippen LogP contribution is -2.39. The minimum atomic E-state index is -0.520. The van der Waals surface area contributed by atoms with Gasteiger partial charge in [0, 0.05) is 12.6 Å². The quantitative estimate of drug-likeness (QED) is 0.749. The molecular weight excluding hydrogens is 294 g/mol. The summed E-state index contributed by atoms with van der Waals surface area (Å²) in [6.45, 7) is 9.73. The minimum Gasteiger partial charge on any atom is -0.460 e. The Hall–Kier alpha value is -2.04. The fourth-order valence-electron chi connectivity index (χ4n) is 1.97. The molecule has 0 unspecified atom stereocenters. The van der Waals surface area contributed by atoms with Gasteiger partial charge in [-0.1, -0.05) is 30.3 Å². The highest BCUT2D eigenvalue weighted by Gasteiger charge is 2.22. The summed E-state index contributed by atoms with van der Waals surface area (Å²) in [7, 11) is 0. The summed E-state index contributed by atoms with van der Waals surface area (Å²) in [6.07, 6.45) is -0.275. The molecule has 0 N–H and O–H groups in total. The van der Waals surface area contributed by atoms with E-state index in [0.717, 1.165) is 5.56 Å². The third-order valence-corrected chi connectivity index (χ3v) is 3.04. The number of esters is 1. The van der Waals surface area contributed by atoms with E-state index in [9.17, 15) is 9.59 Å². The first-order chi connectivity index (χ1) is 10.7. The Bertz CT molecular complexity index is 506. The van der Waals surface area contributed by atoms with Crippen molar-refractivity contribution in [1.29, 1.82) is 0 Å². The summed E-state index contributed by atoms with van der Waals surface area (Å²) in [4.78, 5) is 25.5. The molecule has 1 aromatic rings. The maximum atomic E-state index is 12.2. The number of rotatable bonds is 6. The summed E-state index contributed by atoms with van der Waals surface area (Å²) in [5.41, 5.74) is 0.407. The van der Waals surface area contributed by atoms with Crippen LogP contribution in [-0.4, -0.2) is 35.2 Å². The Kier molecular flexibility index (Phi) is 7.07. The number of ether oxygens (including phenoxy) is 2. The number of nitrogens with zero attached hydrogens (tertiary/aromatic N) is 1. The molecule has 1 aromatic carbocycles. The first-order valence-corrected chi connectivity index (χ1v) is 7.88. The lowest BCUT2D eigenvalue weighted by Gasteiger charge is -2.26. The van der Waals surface area contributed by atoms with E-state index in [1.807, 2.05) is 65.0 Å². The number of hydrogen-bond donors (Lipinski definition) is 0. The van der Waals surface area contributed by atoms with Gasteiger partial charge in [0.05, 0.1) is 6.42 Å². The lowest BCUT2D eigenvalue weighted by molar-refractivity contribution is -0.155. The molecule has 1 rings (SSSR count). The second kappa shape index (κ2) is 8.56. The third kappa shape index (κ3) is 7.68.